The van der Waals surface area contributed by atoms with E-state index >= 15 is 0 Å². The van der Waals surface area contributed by atoms with Crippen LogP contribution >= 0.6 is 0 Å². The quantitative estimate of drug-likeness (QED) is 0.929. The Morgan fingerprint density at radius 2 is 1.85 bits per heavy atom. The Morgan fingerprint density at radius 3 is 2.55 bits per heavy atom. The van der Waals surface area contributed by atoms with Crippen LogP contribution in [0.1, 0.15) is 5.56 Å². The van der Waals surface area contributed by atoms with Crippen LogP contribution in [0.3, 0.4) is 0 Å². The monoisotopic (exact) mass is 269 g/mol. The summed E-state index contributed by atoms with van der Waals surface area (Å²) in [6.45, 7) is 6.23. The molecule has 4 nitrogen and oxygen atoms in total. The molecule has 0 unspecified atom stereocenters. The summed E-state index contributed by atoms with van der Waals surface area (Å²) in [5.74, 6) is 1.46. The first-order valence-corrected chi connectivity index (χ1v) is 6.97. The number of nitrogens with zero attached hydrogens (tertiary/aromatic N) is 2. The minimum atomic E-state index is 0.639. The van der Waals surface area contributed by atoms with E-state index in [-0.39, 0.29) is 0 Å². The number of aryl methyl sites for hydroxylation is 1. The lowest BCUT2D eigenvalue weighted by Gasteiger charge is -2.29. The van der Waals surface area contributed by atoms with E-state index in [1.165, 1.54) is 5.69 Å². The van der Waals surface area contributed by atoms with Gasteiger partial charge in [-0.15, -0.1) is 0 Å². The molecule has 1 saturated heterocycles. The van der Waals surface area contributed by atoms with Crippen LogP contribution in [0.25, 0.3) is 0 Å². The molecular formula is C16H19N3O. The number of benzene rings is 1. The van der Waals surface area contributed by atoms with Gasteiger partial charge in [-0.25, -0.2) is 4.98 Å². The van der Waals surface area contributed by atoms with Crippen LogP contribution in [-0.4, -0.2) is 31.2 Å². The Kier molecular flexibility index (Phi) is 3.83. The van der Waals surface area contributed by atoms with E-state index < -0.39 is 0 Å². The van der Waals surface area contributed by atoms with Crippen molar-refractivity contribution in [3.63, 3.8) is 0 Å². The van der Waals surface area contributed by atoms with Gasteiger partial charge in [0.2, 0.25) is 5.88 Å². The Labute approximate surface area is 119 Å². The van der Waals surface area contributed by atoms with Crippen LogP contribution in [-0.2, 0) is 0 Å². The standard InChI is InChI=1S/C16H19N3O/c1-13-6-7-18-16(12-13)20-15-4-2-14(3-5-15)19-10-8-17-9-11-19/h2-7,12,17H,8-11H2,1H3. The molecule has 1 aliphatic rings. The number of aromatic nitrogens is 1. The third-order valence-corrected chi connectivity index (χ3v) is 3.43. The molecule has 4 heteroatoms. The molecule has 20 heavy (non-hydrogen) atoms. The van der Waals surface area contributed by atoms with E-state index in [4.69, 9.17) is 4.74 Å². The first-order valence-electron chi connectivity index (χ1n) is 6.97. The van der Waals surface area contributed by atoms with Gasteiger partial charge in [-0.1, -0.05) is 0 Å². The Balaban J connectivity index is 1.69. The molecule has 0 radical (unpaired) electrons. The average Bonchev–Trinajstić information content (AvgIpc) is 2.49. The van der Waals surface area contributed by atoms with Gasteiger partial charge in [0.1, 0.15) is 5.75 Å². The molecule has 2 aromatic rings. The van der Waals surface area contributed by atoms with Gasteiger partial charge < -0.3 is 15.0 Å². The topological polar surface area (TPSA) is 37.4 Å². The molecule has 3 rings (SSSR count). The van der Waals surface area contributed by atoms with Crippen molar-refractivity contribution in [2.75, 3.05) is 31.1 Å². The van der Waals surface area contributed by atoms with Crippen LogP contribution in [0.15, 0.2) is 42.6 Å². The Morgan fingerprint density at radius 1 is 1.10 bits per heavy atom. The van der Waals surface area contributed by atoms with Crippen LogP contribution < -0.4 is 15.0 Å². The zero-order chi connectivity index (χ0) is 13.8. The molecule has 0 atom stereocenters. The van der Waals surface area contributed by atoms with Crippen molar-refractivity contribution in [1.29, 1.82) is 0 Å². The molecule has 1 aliphatic heterocycles. The fourth-order valence-corrected chi connectivity index (χ4v) is 2.33. The van der Waals surface area contributed by atoms with Gasteiger partial charge in [-0.2, -0.15) is 0 Å². The van der Waals surface area contributed by atoms with Crippen molar-refractivity contribution < 1.29 is 4.74 Å². The third kappa shape index (κ3) is 3.08. The van der Waals surface area contributed by atoms with E-state index in [9.17, 15) is 0 Å². The predicted molar refractivity (Wildman–Crippen MR) is 80.6 cm³/mol. The highest BCUT2D eigenvalue weighted by Gasteiger charge is 2.10. The van der Waals surface area contributed by atoms with Crippen LogP contribution in [0, 0.1) is 6.92 Å². The summed E-state index contributed by atoms with van der Waals surface area (Å²) in [5.41, 5.74) is 2.39. The highest BCUT2D eigenvalue weighted by molar-refractivity contribution is 5.49. The molecule has 104 valence electrons. The molecule has 0 aliphatic carbocycles. The number of ether oxygens (including phenoxy) is 1. The van der Waals surface area contributed by atoms with Crippen molar-refractivity contribution in [2.45, 2.75) is 6.92 Å². The Hall–Kier alpha value is -2.07. The molecular weight excluding hydrogens is 250 g/mol. The largest absolute Gasteiger partial charge is 0.439 e. The van der Waals surface area contributed by atoms with E-state index in [0.717, 1.165) is 37.5 Å². The number of hydrogen-bond acceptors (Lipinski definition) is 4. The number of pyridine rings is 1. The maximum Gasteiger partial charge on any atom is 0.219 e. The first kappa shape index (κ1) is 12.9. The van der Waals surface area contributed by atoms with Gasteiger partial charge >= 0.3 is 0 Å². The van der Waals surface area contributed by atoms with Crippen molar-refractivity contribution in [3.05, 3.63) is 48.2 Å². The number of anilines is 1. The van der Waals surface area contributed by atoms with Gasteiger partial charge in [-0.05, 0) is 42.8 Å². The zero-order valence-electron chi connectivity index (χ0n) is 11.7. The maximum atomic E-state index is 5.76. The van der Waals surface area contributed by atoms with Crippen LogP contribution in [0.5, 0.6) is 11.6 Å². The van der Waals surface area contributed by atoms with E-state index in [0.29, 0.717) is 5.88 Å². The lowest BCUT2D eigenvalue weighted by Crippen LogP contribution is -2.43. The molecule has 0 saturated carbocycles. The molecule has 1 fully saturated rings. The summed E-state index contributed by atoms with van der Waals surface area (Å²) in [7, 11) is 0. The lowest BCUT2D eigenvalue weighted by atomic mass is 10.2. The van der Waals surface area contributed by atoms with Gasteiger partial charge in [-0.3, -0.25) is 0 Å². The molecule has 0 spiro atoms. The van der Waals surface area contributed by atoms with Crippen molar-refractivity contribution in [2.24, 2.45) is 0 Å². The normalized spacial score (nSPS) is 15.2. The SMILES string of the molecule is Cc1ccnc(Oc2ccc(N3CCNCC3)cc2)c1. The fraction of sp³-hybridized carbons (Fsp3) is 0.312. The second-order valence-corrected chi connectivity index (χ2v) is 5.00. The van der Waals surface area contributed by atoms with Crippen molar-refractivity contribution in [1.82, 2.24) is 10.3 Å². The van der Waals surface area contributed by atoms with E-state index in [2.05, 4.69) is 27.3 Å². The minimum absolute atomic E-state index is 0.639. The van der Waals surface area contributed by atoms with Crippen molar-refractivity contribution >= 4 is 5.69 Å². The maximum absolute atomic E-state index is 5.76. The summed E-state index contributed by atoms with van der Waals surface area (Å²) in [4.78, 5) is 6.59. The van der Waals surface area contributed by atoms with Gasteiger partial charge in [0.15, 0.2) is 0 Å². The summed E-state index contributed by atoms with van der Waals surface area (Å²) >= 11 is 0. The summed E-state index contributed by atoms with van der Waals surface area (Å²) in [5, 5.41) is 3.36. The fourth-order valence-electron chi connectivity index (χ4n) is 2.33. The predicted octanol–water partition coefficient (Wildman–Crippen LogP) is 2.59. The molecule has 1 N–H and O–H groups in total. The number of piperazine rings is 1. The second-order valence-electron chi connectivity index (χ2n) is 5.00. The van der Waals surface area contributed by atoms with Gasteiger partial charge in [0.25, 0.3) is 0 Å². The van der Waals surface area contributed by atoms with Crippen LogP contribution in [0.2, 0.25) is 0 Å². The zero-order valence-corrected chi connectivity index (χ0v) is 11.7. The van der Waals surface area contributed by atoms with E-state index in [1.807, 2.05) is 31.2 Å². The summed E-state index contributed by atoms with van der Waals surface area (Å²) in [6.07, 6.45) is 1.76. The number of rotatable bonds is 3. The summed E-state index contributed by atoms with van der Waals surface area (Å²) < 4.78 is 5.76. The van der Waals surface area contributed by atoms with Crippen LogP contribution in [0.4, 0.5) is 5.69 Å². The highest BCUT2D eigenvalue weighted by Crippen LogP contribution is 2.23. The lowest BCUT2D eigenvalue weighted by molar-refractivity contribution is 0.462. The average molecular weight is 269 g/mol. The Bertz CT molecular complexity index is 562. The van der Waals surface area contributed by atoms with Crippen molar-refractivity contribution in [3.8, 4) is 11.6 Å². The molecule has 1 aromatic carbocycles. The van der Waals surface area contributed by atoms with Gasteiger partial charge in [0, 0.05) is 44.1 Å². The molecule has 2 heterocycles. The minimum Gasteiger partial charge on any atom is -0.439 e. The second kappa shape index (κ2) is 5.92. The van der Waals surface area contributed by atoms with Gasteiger partial charge in [0.05, 0.1) is 0 Å². The summed E-state index contributed by atoms with van der Waals surface area (Å²) in [6, 6.07) is 12.1. The third-order valence-electron chi connectivity index (χ3n) is 3.43. The number of hydrogen-bond donors (Lipinski definition) is 1. The van der Waals surface area contributed by atoms with E-state index in [1.54, 1.807) is 6.20 Å². The smallest absolute Gasteiger partial charge is 0.219 e. The number of nitrogens with one attached hydrogen (secondary N) is 1. The first-order chi connectivity index (χ1) is 9.81. The molecule has 0 bridgehead atoms. The highest BCUT2D eigenvalue weighted by atomic mass is 16.5. The molecule has 0 amide bonds. The molecule has 1 aromatic heterocycles.